The fourth-order valence-corrected chi connectivity index (χ4v) is 6.04. The molecule has 7 nitrogen and oxygen atoms in total. The molecule has 0 bridgehead atoms. The summed E-state index contributed by atoms with van der Waals surface area (Å²) in [6, 6.07) is 5.28. The van der Waals surface area contributed by atoms with E-state index < -0.39 is 50.8 Å². The fourth-order valence-electron chi connectivity index (χ4n) is 3.70. The molecule has 1 aromatic carbocycles. The molecule has 32 heavy (non-hydrogen) atoms. The lowest BCUT2D eigenvalue weighted by atomic mass is 10.0. The van der Waals surface area contributed by atoms with Gasteiger partial charge in [-0.3, -0.25) is 4.79 Å². The summed E-state index contributed by atoms with van der Waals surface area (Å²) in [6.45, 7) is 0.825. The number of carbonyl (C=O) groups is 1. The van der Waals surface area contributed by atoms with Gasteiger partial charge in [-0.15, -0.1) is 0 Å². The topological polar surface area (TPSA) is 105 Å². The van der Waals surface area contributed by atoms with Crippen LogP contribution in [0.3, 0.4) is 0 Å². The van der Waals surface area contributed by atoms with Crippen molar-refractivity contribution in [3.63, 3.8) is 0 Å². The molecule has 2 aliphatic rings. The van der Waals surface area contributed by atoms with E-state index in [0.717, 1.165) is 25.1 Å². The highest BCUT2D eigenvalue weighted by Crippen LogP contribution is 2.40. The molecular formula is C20H22ClF3N2O5S. The Morgan fingerprint density at radius 1 is 1.34 bits per heavy atom. The van der Waals surface area contributed by atoms with E-state index in [0.29, 0.717) is 12.8 Å². The average Bonchev–Trinajstić information content (AvgIpc) is 3.33. The molecule has 2 unspecified atom stereocenters. The predicted octanol–water partition coefficient (Wildman–Crippen LogP) is 3.41. The van der Waals surface area contributed by atoms with E-state index in [2.05, 4.69) is 11.4 Å². The number of methoxy groups -OCH3 is 1. The standard InChI is InChI=1S/C20H22ClF3N2O5S/c1-11(20(22,23)24)31-12-3-4-17(15(21)7-12)32(28,29)13-8-14(16(9-13)30-2)18(27)26-19(10-25)5-6-19/h3-4,7,11,13-14,16H,5-6,8-9H2,1-2H3,(H,26,27)/t11-,13?,14-,16?/m0/s1. The van der Waals surface area contributed by atoms with Gasteiger partial charge in [0.05, 0.1) is 33.3 Å². The zero-order valence-electron chi connectivity index (χ0n) is 17.3. The highest BCUT2D eigenvalue weighted by atomic mass is 35.5. The normalized spacial score (nSPS) is 25.6. The number of nitrogens with one attached hydrogen (secondary N) is 1. The average molecular weight is 495 g/mol. The van der Waals surface area contributed by atoms with Crippen LogP contribution in [0.5, 0.6) is 5.75 Å². The van der Waals surface area contributed by atoms with E-state index in [1.807, 2.05) is 0 Å². The van der Waals surface area contributed by atoms with Crippen molar-refractivity contribution in [2.24, 2.45) is 5.92 Å². The Morgan fingerprint density at radius 2 is 2.00 bits per heavy atom. The third kappa shape index (κ3) is 4.97. The molecule has 1 amide bonds. The number of nitrogens with zero attached hydrogens (tertiary/aromatic N) is 1. The Hall–Kier alpha value is -2.03. The first-order valence-electron chi connectivity index (χ1n) is 9.86. The fraction of sp³-hybridized carbons (Fsp3) is 0.600. The third-order valence-corrected chi connectivity index (χ3v) is 8.51. The van der Waals surface area contributed by atoms with Gasteiger partial charge in [0.2, 0.25) is 5.91 Å². The Labute approximate surface area is 188 Å². The molecule has 4 atom stereocenters. The van der Waals surface area contributed by atoms with Crippen molar-refractivity contribution in [2.75, 3.05) is 7.11 Å². The number of amides is 1. The van der Waals surface area contributed by atoms with Gasteiger partial charge < -0.3 is 14.8 Å². The Morgan fingerprint density at radius 3 is 2.50 bits per heavy atom. The monoisotopic (exact) mass is 494 g/mol. The summed E-state index contributed by atoms with van der Waals surface area (Å²) in [4.78, 5) is 12.4. The first-order chi connectivity index (χ1) is 14.8. The molecule has 1 N–H and O–H groups in total. The molecule has 0 saturated heterocycles. The molecule has 12 heteroatoms. The van der Waals surface area contributed by atoms with Crippen molar-refractivity contribution in [3.05, 3.63) is 23.2 Å². The van der Waals surface area contributed by atoms with Crippen LogP contribution in [0.25, 0.3) is 0 Å². The quantitative estimate of drug-likeness (QED) is 0.622. The second kappa shape index (κ2) is 8.72. The van der Waals surface area contributed by atoms with Crippen LogP contribution in [0.2, 0.25) is 5.02 Å². The minimum atomic E-state index is -4.59. The number of alkyl halides is 3. The van der Waals surface area contributed by atoms with Gasteiger partial charge >= 0.3 is 6.18 Å². The molecule has 0 aliphatic heterocycles. The van der Waals surface area contributed by atoms with Crippen molar-refractivity contribution in [1.82, 2.24) is 5.32 Å². The van der Waals surface area contributed by atoms with Crippen LogP contribution in [0, 0.1) is 17.2 Å². The Kier molecular flexibility index (Phi) is 6.71. The van der Waals surface area contributed by atoms with Gasteiger partial charge in [0.25, 0.3) is 0 Å². The summed E-state index contributed by atoms with van der Waals surface area (Å²) in [7, 11) is -2.65. The SMILES string of the molecule is COC1CC(S(=O)(=O)c2ccc(O[C@@H](C)C(F)(F)F)cc2Cl)C[C@@H]1C(=O)NC1(C#N)CC1. The van der Waals surface area contributed by atoms with Crippen LogP contribution in [-0.2, 0) is 19.4 Å². The Balaban J connectivity index is 1.77. The van der Waals surface area contributed by atoms with Gasteiger partial charge in [-0.1, -0.05) is 11.6 Å². The molecule has 2 aliphatic carbocycles. The number of hydrogen-bond acceptors (Lipinski definition) is 6. The second-order valence-corrected chi connectivity index (χ2v) is 10.7. The summed E-state index contributed by atoms with van der Waals surface area (Å²) >= 11 is 6.09. The number of rotatable bonds is 7. The zero-order valence-corrected chi connectivity index (χ0v) is 18.9. The summed E-state index contributed by atoms with van der Waals surface area (Å²) in [6.07, 6.45) is -6.27. The number of carbonyl (C=O) groups excluding carboxylic acids is 1. The van der Waals surface area contributed by atoms with E-state index in [-0.39, 0.29) is 28.5 Å². The summed E-state index contributed by atoms with van der Waals surface area (Å²) in [5.41, 5.74) is -0.890. The van der Waals surface area contributed by atoms with Crippen LogP contribution < -0.4 is 10.1 Å². The van der Waals surface area contributed by atoms with Gasteiger partial charge in [0, 0.05) is 13.2 Å². The molecule has 0 radical (unpaired) electrons. The van der Waals surface area contributed by atoms with Crippen molar-refractivity contribution in [2.45, 2.75) is 66.7 Å². The number of ether oxygens (including phenoxy) is 2. The van der Waals surface area contributed by atoms with E-state index >= 15 is 0 Å². The molecule has 176 valence electrons. The lowest BCUT2D eigenvalue weighted by Gasteiger charge is -2.19. The molecule has 2 saturated carbocycles. The van der Waals surface area contributed by atoms with Gasteiger partial charge in [-0.05, 0) is 44.7 Å². The van der Waals surface area contributed by atoms with E-state index in [1.54, 1.807) is 0 Å². The van der Waals surface area contributed by atoms with Crippen molar-refractivity contribution in [3.8, 4) is 11.8 Å². The van der Waals surface area contributed by atoms with Crippen LogP contribution in [0.15, 0.2) is 23.1 Å². The number of hydrogen-bond donors (Lipinski definition) is 1. The molecule has 0 spiro atoms. The molecule has 0 heterocycles. The molecule has 2 fully saturated rings. The lowest BCUT2D eigenvalue weighted by Crippen LogP contribution is -2.42. The minimum absolute atomic E-state index is 0.0339. The van der Waals surface area contributed by atoms with Crippen molar-refractivity contribution in [1.29, 1.82) is 5.26 Å². The van der Waals surface area contributed by atoms with Gasteiger partial charge in [-0.25, -0.2) is 8.42 Å². The Bertz CT molecular complexity index is 1040. The second-order valence-electron chi connectivity index (χ2n) is 8.10. The molecular weight excluding hydrogens is 473 g/mol. The molecule has 1 aromatic rings. The summed E-state index contributed by atoms with van der Waals surface area (Å²) < 4.78 is 74.6. The van der Waals surface area contributed by atoms with Crippen LogP contribution in [0.1, 0.15) is 32.6 Å². The predicted molar refractivity (Wildman–Crippen MR) is 108 cm³/mol. The molecule has 0 aromatic heterocycles. The van der Waals surface area contributed by atoms with Crippen molar-refractivity contribution < 1.29 is 35.9 Å². The smallest absolute Gasteiger partial charge is 0.425 e. The highest BCUT2D eigenvalue weighted by molar-refractivity contribution is 7.92. The zero-order chi connectivity index (χ0) is 23.9. The highest BCUT2D eigenvalue weighted by Gasteiger charge is 2.50. The number of sulfone groups is 1. The maximum absolute atomic E-state index is 13.2. The number of benzene rings is 1. The largest absolute Gasteiger partial charge is 0.481 e. The van der Waals surface area contributed by atoms with Gasteiger partial charge in [-0.2, -0.15) is 18.4 Å². The summed E-state index contributed by atoms with van der Waals surface area (Å²) in [5, 5.41) is 10.6. The number of halogens is 4. The van der Waals surface area contributed by atoms with E-state index in [1.165, 1.54) is 7.11 Å². The van der Waals surface area contributed by atoms with Crippen LogP contribution >= 0.6 is 11.6 Å². The molecule has 3 rings (SSSR count). The van der Waals surface area contributed by atoms with Gasteiger partial charge in [0.1, 0.15) is 11.3 Å². The van der Waals surface area contributed by atoms with Crippen molar-refractivity contribution >= 4 is 27.3 Å². The van der Waals surface area contributed by atoms with E-state index in [4.69, 9.17) is 21.1 Å². The first-order valence-corrected chi connectivity index (χ1v) is 11.8. The maximum Gasteiger partial charge on any atom is 0.425 e. The maximum atomic E-state index is 13.2. The number of nitriles is 1. The minimum Gasteiger partial charge on any atom is -0.481 e. The van der Waals surface area contributed by atoms with Crippen LogP contribution in [-0.4, -0.2) is 50.6 Å². The third-order valence-electron chi connectivity index (χ3n) is 5.85. The lowest BCUT2D eigenvalue weighted by molar-refractivity contribution is -0.189. The van der Waals surface area contributed by atoms with Gasteiger partial charge in [0.15, 0.2) is 15.9 Å². The summed E-state index contributed by atoms with van der Waals surface area (Å²) in [5.74, 6) is -1.42. The van der Waals surface area contributed by atoms with E-state index in [9.17, 15) is 31.6 Å². The first kappa shape index (κ1) is 24.6. The van der Waals surface area contributed by atoms with Crippen LogP contribution in [0.4, 0.5) is 13.2 Å².